The SMILES string of the molecule is O=c1oc2cccc(O)c2c(O)c1O. The minimum absolute atomic E-state index is 0.0188. The molecule has 0 atom stereocenters. The van der Waals surface area contributed by atoms with Gasteiger partial charge in [-0.1, -0.05) is 6.07 Å². The van der Waals surface area contributed by atoms with Crippen LogP contribution in [0.3, 0.4) is 0 Å². The maximum absolute atomic E-state index is 10.9. The van der Waals surface area contributed by atoms with E-state index in [1.165, 1.54) is 18.2 Å². The molecule has 0 amide bonds. The van der Waals surface area contributed by atoms with Gasteiger partial charge in [-0.3, -0.25) is 0 Å². The summed E-state index contributed by atoms with van der Waals surface area (Å²) in [6.07, 6.45) is 0. The second-order valence-corrected chi connectivity index (χ2v) is 2.74. The summed E-state index contributed by atoms with van der Waals surface area (Å²) in [7, 11) is 0. The lowest BCUT2D eigenvalue weighted by Crippen LogP contribution is -1.97. The van der Waals surface area contributed by atoms with Crippen LogP contribution in [0.15, 0.2) is 27.4 Å². The molecular weight excluding hydrogens is 188 g/mol. The number of benzene rings is 1. The zero-order valence-electron chi connectivity index (χ0n) is 6.89. The molecular formula is C9H6O5. The molecule has 0 saturated heterocycles. The van der Waals surface area contributed by atoms with E-state index in [2.05, 4.69) is 4.42 Å². The van der Waals surface area contributed by atoms with Crippen LogP contribution in [-0.4, -0.2) is 15.3 Å². The van der Waals surface area contributed by atoms with Gasteiger partial charge in [-0.2, -0.15) is 0 Å². The van der Waals surface area contributed by atoms with E-state index in [9.17, 15) is 15.0 Å². The van der Waals surface area contributed by atoms with Crippen molar-refractivity contribution in [2.45, 2.75) is 0 Å². The summed E-state index contributed by atoms with van der Waals surface area (Å²) in [5.41, 5.74) is -1.02. The van der Waals surface area contributed by atoms with E-state index >= 15 is 0 Å². The second kappa shape index (κ2) is 2.66. The van der Waals surface area contributed by atoms with E-state index in [-0.39, 0.29) is 16.7 Å². The van der Waals surface area contributed by atoms with Gasteiger partial charge in [0, 0.05) is 0 Å². The Morgan fingerprint density at radius 3 is 2.50 bits per heavy atom. The van der Waals surface area contributed by atoms with E-state index in [0.29, 0.717) is 0 Å². The van der Waals surface area contributed by atoms with Crippen LogP contribution in [0.1, 0.15) is 0 Å². The molecule has 14 heavy (non-hydrogen) atoms. The van der Waals surface area contributed by atoms with Crippen molar-refractivity contribution in [3.8, 4) is 17.2 Å². The molecule has 72 valence electrons. The summed E-state index contributed by atoms with van der Waals surface area (Å²) in [6, 6.07) is 4.16. The van der Waals surface area contributed by atoms with Crippen LogP contribution < -0.4 is 5.63 Å². The molecule has 1 aromatic carbocycles. The van der Waals surface area contributed by atoms with Crippen LogP contribution in [-0.2, 0) is 0 Å². The number of hydrogen-bond donors (Lipinski definition) is 3. The summed E-state index contributed by atoms with van der Waals surface area (Å²) in [4.78, 5) is 10.9. The van der Waals surface area contributed by atoms with Gasteiger partial charge in [0.1, 0.15) is 16.7 Å². The fourth-order valence-corrected chi connectivity index (χ4v) is 1.21. The molecule has 0 spiro atoms. The van der Waals surface area contributed by atoms with Crippen LogP contribution >= 0.6 is 0 Å². The van der Waals surface area contributed by atoms with Gasteiger partial charge in [0.2, 0.25) is 5.75 Å². The summed E-state index contributed by atoms with van der Waals surface area (Å²) in [5.74, 6) is -1.84. The highest BCUT2D eigenvalue weighted by molar-refractivity contribution is 5.90. The van der Waals surface area contributed by atoms with Gasteiger partial charge in [-0.05, 0) is 12.1 Å². The average molecular weight is 194 g/mol. The highest BCUT2D eigenvalue weighted by atomic mass is 16.4. The topological polar surface area (TPSA) is 90.9 Å². The Balaban J connectivity index is 3.07. The van der Waals surface area contributed by atoms with Crippen LogP contribution in [0.2, 0.25) is 0 Å². The fourth-order valence-electron chi connectivity index (χ4n) is 1.21. The van der Waals surface area contributed by atoms with Crippen molar-refractivity contribution in [1.82, 2.24) is 0 Å². The first-order chi connectivity index (χ1) is 6.61. The minimum atomic E-state index is -1.04. The minimum Gasteiger partial charge on any atom is -0.507 e. The highest BCUT2D eigenvalue weighted by Gasteiger charge is 2.14. The molecule has 3 N–H and O–H groups in total. The monoisotopic (exact) mass is 194 g/mol. The zero-order valence-corrected chi connectivity index (χ0v) is 6.89. The van der Waals surface area contributed by atoms with Crippen molar-refractivity contribution in [2.75, 3.05) is 0 Å². The van der Waals surface area contributed by atoms with Crippen molar-refractivity contribution >= 4 is 11.0 Å². The molecule has 0 aliphatic rings. The van der Waals surface area contributed by atoms with Gasteiger partial charge < -0.3 is 19.7 Å². The number of fused-ring (bicyclic) bond motifs is 1. The molecule has 2 aromatic rings. The lowest BCUT2D eigenvalue weighted by molar-refractivity contribution is 0.376. The summed E-state index contributed by atoms with van der Waals surface area (Å²) < 4.78 is 4.63. The van der Waals surface area contributed by atoms with Crippen LogP contribution in [0, 0.1) is 0 Å². The van der Waals surface area contributed by atoms with Gasteiger partial charge in [-0.25, -0.2) is 4.79 Å². The van der Waals surface area contributed by atoms with Gasteiger partial charge >= 0.3 is 5.63 Å². The van der Waals surface area contributed by atoms with E-state index < -0.39 is 17.1 Å². The molecule has 0 aliphatic heterocycles. The predicted molar refractivity (Wildman–Crippen MR) is 47.5 cm³/mol. The lowest BCUT2D eigenvalue weighted by atomic mass is 10.2. The Morgan fingerprint density at radius 1 is 1.07 bits per heavy atom. The first-order valence-electron chi connectivity index (χ1n) is 3.78. The zero-order chi connectivity index (χ0) is 10.3. The van der Waals surface area contributed by atoms with Gasteiger partial charge in [0.25, 0.3) is 0 Å². The van der Waals surface area contributed by atoms with Crippen molar-refractivity contribution in [3.05, 3.63) is 28.6 Å². The number of aromatic hydroxyl groups is 3. The summed E-state index contributed by atoms with van der Waals surface area (Å²) >= 11 is 0. The maximum Gasteiger partial charge on any atom is 0.382 e. The fraction of sp³-hybridized carbons (Fsp3) is 0. The molecule has 5 heteroatoms. The molecule has 0 bridgehead atoms. The average Bonchev–Trinajstić information content (AvgIpc) is 2.14. The van der Waals surface area contributed by atoms with Crippen LogP contribution in [0.4, 0.5) is 0 Å². The van der Waals surface area contributed by atoms with Gasteiger partial charge in [0.05, 0.1) is 0 Å². The number of phenolic OH excluding ortho intramolecular Hbond substituents is 1. The van der Waals surface area contributed by atoms with Crippen LogP contribution in [0.5, 0.6) is 17.2 Å². The first kappa shape index (κ1) is 8.43. The molecule has 0 radical (unpaired) electrons. The number of phenols is 1. The molecule has 0 fully saturated rings. The Morgan fingerprint density at radius 2 is 1.79 bits per heavy atom. The van der Waals surface area contributed by atoms with Crippen LogP contribution in [0.25, 0.3) is 11.0 Å². The predicted octanol–water partition coefficient (Wildman–Crippen LogP) is 0.910. The largest absolute Gasteiger partial charge is 0.507 e. The van der Waals surface area contributed by atoms with E-state index in [4.69, 9.17) is 5.11 Å². The summed E-state index contributed by atoms with van der Waals surface area (Å²) in [6.45, 7) is 0. The number of hydrogen-bond acceptors (Lipinski definition) is 5. The summed E-state index contributed by atoms with van der Waals surface area (Å²) in [5, 5.41) is 27.7. The molecule has 2 rings (SSSR count). The van der Waals surface area contributed by atoms with Crippen molar-refractivity contribution in [1.29, 1.82) is 0 Å². The van der Waals surface area contributed by atoms with E-state index in [1.54, 1.807) is 0 Å². The lowest BCUT2D eigenvalue weighted by Gasteiger charge is -2.02. The third-order valence-electron chi connectivity index (χ3n) is 1.86. The van der Waals surface area contributed by atoms with Crippen molar-refractivity contribution in [3.63, 3.8) is 0 Å². The molecule has 1 aromatic heterocycles. The standard InChI is InChI=1S/C9H6O5/c10-4-2-1-3-5-6(4)7(11)8(12)9(13)14-5/h1-3,10-12H. The van der Waals surface area contributed by atoms with Crippen molar-refractivity contribution < 1.29 is 19.7 Å². The van der Waals surface area contributed by atoms with Gasteiger partial charge in [0.15, 0.2) is 5.75 Å². The molecule has 0 saturated carbocycles. The third kappa shape index (κ3) is 0.990. The highest BCUT2D eigenvalue weighted by Crippen LogP contribution is 2.35. The normalized spacial score (nSPS) is 10.6. The number of rotatable bonds is 0. The molecule has 0 unspecified atom stereocenters. The molecule has 0 aliphatic carbocycles. The Bertz CT molecular complexity index is 555. The van der Waals surface area contributed by atoms with E-state index in [1.807, 2.05) is 0 Å². The third-order valence-corrected chi connectivity index (χ3v) is 1.86. The quantitative estimate of drug-likeness (QED) is 0.542. The Labute approximate surface area is 77.5 Å². The molecule has 5 nitrogen and oxygen atoms in total. The van der Waals surface area contributed by atoms with Gasteiger partial charge in [-0.15, -0.1) is 0 Å². The molecule has 1 heterocycles. The Hall–Kier alpha value is -2.17. The van der Waals surface area contributed by atoms with Crippen molar-refractivity contribution in [2.24, 2.45) is 0 Å². The smallest absolute Gasteiger partial charge is 0.382 e. The maximum atomic E-state index is 10.9. The second-order valence-electron chi connectivity index (χ2n) is 2.74. The Kier molecular flexibility index (Phi) is 1.60. The van der Waals surface area contributed by atoms with E-state index in [0.717, 1.165) is 0 Å². The first-order valence-corrected chi connectivity index (χ1v) is 3.78.